The molecular formula is C15H21NO3. The molecule has 1 N–H and O–H groups in total. The summed E-state index contributed by atoms with van der Waals surface area (Å²) >= 11 is 0. The van der Waals surface area contributed by atoms with Gasteiger partial charge < -0.3 is 19.5 Å². The quantitative estimate of drug-likeness (QED) is 0.856. The SMILES string of the molecule is CC(C)NCc1cc2c(cc1OCC1CC1)OCO2. The van der Waals surface area contributed by atoms with Crippen LogP contribution in [-0.4, -0.2) is 19.4 Å². The lowest BCUT2D eigenvalue weighted by Gasteiger charge is -2.14. The Kier molecular flexibility index (Phi) is 3.51. The minimum atomic E-state index is 0.304. The Bertz CT molecular complexity index is 422. The molecule has 0 atom stereocenters. The summed E-state index contributed by atoms with van der Waals surface area (Å²) in [6.45, 7) is 6.18. The zero-order chi connectivity index (χ0) is 13.2. The number of hydrogen-bond acceptors (Lipinski definition) is 4. The van der Waals surface area contributed by atoms with Crippen molar-refractivity contribution in [3.8, 4) is 17.2 Å². The van der Waals surface area contributed by atoms with Crippen molar-refractivity contribution >= 4 is 0 Å². The molecule has 1 heterocycles. The standard InChI is InChI=1S/C15H21NO3/c1-10(2)16-7-12-5-14-15(19-9-18-14)6-13(12)17-8-11-3-4-11/h5-6,10-11,16H,3-4,7-9H2,1-2H3. The van der Waals surface area contributed by atoms with Crippen LogP contribution in [0.4, 0.5) is 0 Å². The van der Waals surface area contributed by atoms with Crippen LogP contribution in [0, 0.1) is 5.92 Å². The van der Waals surface area contributed by atoms with Crippen molar-refractivity contribution in [2.24, 2.45) is 5.92 Å². The van der Waals surface area contributed by atoms with Gasteiger partial charge in [0.1, 0.15) is 5.75 Å². The Morgan fingerprint density at radius 2 is 2.00 bits per heavy atom. The van der Waals surface area contributed by atoms with E-state index in [1.807, 2.05) is 12.1 Å². The molecule has 2 aliphatic rings. The lowest BCUT2D eigenvalue weighted by Crippen LogP contribution is -2.22. The Balaban J connectivity index is 1.76. The summed E-state index contributed by atoms with van der Waals surface area (Å²) in [5.41, 5.74) is 1.14. The zero-order valence-electron chi connectivity index (χ0n) is 11.6. The molecule has 4 heteroatoms. The summed E-state index contributed by atoms with van der Waals surface area (Å²) in [4.78, 5) is 0. The van der Waals surface area contributed by atoms with Crippen LogP contribution >= 0.6 is 0 Å². The predicted octanol–water partition coefficient (Wildman–Crippen LogP) is 2.70. The van der Waals surface area contributed by atoms with Crippen molar-refractivity contribution < 1.29 is 14.2 Å². The average Bonchev–Trinajstić information content (AvgIpc) is 3.10. The summed E-state index contributed by atoms with van der Waals surface area (Å²) in [7, 11) is 0. The first kappa shape index (κ1) is 12.6. The van der Waals surface area contributed by atoms with Crippen molar-refractivity contribution in [3.63, 3.8) is 0 Å². The molecule has 19 heavy (non-hydrogen) atoms. The molecule has 3 rings (SSSR count). The van der Waals surface area contributed by atoms with Crippen LogP contribution in [0.15, 0.2) is 12.1 Å². The molecule has 1 aliphatic heterocycles. The van der Waals surface area contributed by atoms with Gasteiger partial charge >= 0.3 is 0 Å². The average molecular weight is 263 g/mol. The van der Waals surface area contributed by atoms with Gasteiger partial charge in [-0.25, -0.2) is 0 Å². The smallest absolute Gasteiger partial charge is 0.231 e. The molecule has 1 aromatic carbocycles. The van der Waals surface area contributed by atoms with Crippen LogP contribution < -0.4 is 19.5 Å². The van der Waals surface area contributed by atoms with Crippen LogP contribution in [0.1, 0.15) is 32.3 Å². The van der Waals surface area contributed by atoms with E-state index in [1.165, 1.54) is 12.8 Å². The third kappa shape index (κ3) is 3.13. The van der Waals surface area contributed by atoms with Gasteiger partial charge in [-0.2, -0.15) is 0 Å². The molecule has 1 fully saturated rings. The Labute approximate surface area is 114 Å². The second kappa shape index (κ2) is 5.29. The maximum Gasteiger partial charge on any atom is 0.231 e. The van der Waals surface area contributed by atoms with E-state index < -0.39 is 0 Å². The van der Waals surface area contributed by atoms with Crippen molar-refractivity contribution in [1.82, 2.24) is 5.32 Å². The molecule has 0 saturated heterocycles. The van der Waals surface area contributed by atoms with Gasteiger partial charge in [-0.15, -0.1) is 0 Å². The Morgan fingerprint density at radius 3 is 2.68 bits per heavy atom. The monoisotopic (exact) mass is 263 g/mol. The highest BCUT2D eigenvalue weighted by atomic mass is 16.7. The van der Waals surface area contributed by atoms with Crippen LogP contribution in [0.3, 0.4) is 0 Å². The first-order valence-electron chi connectivity index (χ1n) is 7.01. The van der Waals surface area contributed by atoms with E-state index in [9.17, 15) is 0 Å². The first-order chi connectivity index (χ1) is 9.22. The van der Waals surface area contributed by atoms with E-state index in [1.54, 1.807) is 0 Å². The minimum absolute atomic E-state index is 0.304. The van der Waals surface area contributed by atoms with E-state index >= 15 is 0 Å². The van der Waals surface area contributed by atoms with E-state index in [2.05, 4.69) is 19.2 Å². The second-order valence-corrected chi connectivity index (χ2v) is 5.60. The Morgan fingerprint density at radius 1 is 1.26 bits per heavy atom. The van der Waals surface area contributed by atoms with Crippen LogP contribution in [0.25, 0.3) is 0 Å². The minimum Gasteiger partial charge on any atom is -0.493 e. The molecule has 0 radical (unpaired) electrons. The molecule has 0 bridgehead atoms. The molecule has 0 amide bonds. The zero-order valence-corrected chi connectivity index (χ0v) is 11.6. The van der Waals surface area contributed by atoms with Crippen molar-refractivity contribution in [3.05, 3.63) is 17.7 Å². The van der Waals surface area contributed by atoms with Crippen molar-refractivity contribution in [2.75, 3.05) is 13.4 Å². The molecule has 1 aromatic rings. The fourth-order valence-electron chi connectivity index (χ4n) is 2.04. The van der Waals surface area contributed by atoms with Crippen LogP contribution in [0.5, 0.6) is 17.2 Å². The highest BCUT2D eigenvalue weighted by Gasteiger charge is 2.24. The van der Waals surface area contributed by atoms with Gasteiger partial charge in [0.25, 0.3) is 0 Å². The summed E-state index contributed by atoms with van der Waals surface area (Å²) in [5.74, 6) is 3.28. The third-order valence-corrected chi connectivity index (χ3v) is 3.43. The molecule has 1 aliphatic carbocycles. The maximum absolute atomic E-state index is 5.94. The van der Waals surface area contributed by atoms with Gasteiger partial charge in [0.15, 0.2) is 11.5 Å². The van der Waals surface area contributed by atoms with Gasteiger partial charge in [-0.05, 0) is 24.8 Å². The van der Waals surface area contributed by atoms with Crippen LogP contribution in [-0.2, 0) is 6.54 Å². The fourth-order valence-corrected chi connectivity index (χ4v) is 2.04. The topological polar surface area (TPSA) is 39.7 Å². The van der Waals surface area contributed by atoms with Gasteiger partial charge in [-0.1, -0.05) is 13.8 Å². The van der Waals surface area contributed by atoms with Gasteiger partial charge in [0.2, 0.25) is 6.79 Å². The third-order valence-electron chi connectivity index (χ3n) is 3.43. The number of fused-ring (bicyclic) bond motifs is 1. The van der Waals surface area contributed by atoms with Gasteiger partial charge in [0, 0.05) is 24.2 Å². The molecule has 1 saturated carbocycles. The highest BCUT2D eigenvalue weighted by molar-refractivity contribution is 5.51. The summed E-state index contributed by atoms with van der Waals surface area (Å²) in [6, 6.07) is 4.43. The number of rotatable bonds is 6. The normalized spacial score (nSPS) is 17.0. The number of benzene rings is 1. The first-order valence-corrected chi connectivity index (χ1v) is 7.01. The maximum atomic E-state index is 5.94. The van der Waals surface area contributed by atoms with Crippen molar-refractivity contribution in [1.29, 1.82) is 0 Å². The Hall–Kier alpha value is -1.42. The second-order valence-electron chi connectivity index (χ2n) is 5.60. The van der Waals surface area contributed by atoms with E-state index in [4.69, 9.17) is 14.2 Å². The molecule has 104 valence electrons. The lowest BCUT2D eigenvalue weighted by molar-refractivity contribution is 0.173. The summed E-state index contributed by atoms with van der Waals surface area (Å²) in [5, 5.41) is 3.42. The summed E-state index contributed by atoms with van der Waals surface area (Å²) in [6.07, 6.45) is 2.59. The van der Waals surface area contributed by atoms with Crippen molar-refractivity contribution in [2.45, 2.75) is 39.3 Å². The van der Waals surface area contributed by atoms with Gasteiger partial charge in [0.05, 0.1) is 6.61 Å². The van der Waals surface area contributed by atoms with E-state index in [0.717, 1.165) is 41.9 Å². The predicted molar refractivity (Wildman–Crippen MR) is 72.8 cm³/mol. The highest BCUT2D eigenvalue weighted by Crippen LogP contribution is 2.39. The molecule has 0 spiro atoms. The molecule has 0 unspecified atom stereocenters. The molecule has 0 aromatic heterocycles. The largest absolute Gasteiger partial charge is 0.493 e. The number of hydrogen-bond donors (Lipinski definition) is 1. The fraction of sp³-hybridized carbons (Fsp3) is 0.600. The summed E-state index contributed by atoms with van der Waals surface area (Å²) < 4.78 is 16.8. The van der Waals surface area contributed by atoms with E-state index in [0.29, 0.717) is 12.8 Å². The molecule has 4 nitrogen and oxygen atoms in total. The number of nitrogens with one attached hydrogen (secondary N) is 1. The lowest BCUT2D eigenvalue weighted by atomic mass is 10.1. The van der Waals surface area contributed by atoms with Gasteiger partial charge in [-0.3, -0.25) is 0 Å². The number of ether oxygens (including phenoxy) is 3. The van der Waals surface area contributed by atoms with E-state index in [-0.39, 0.29) is 0 Å². The van der Waals surface area contributed by atoms with Crippen LogP contribution in [0.2, 0.25) is 0 Å². The molecular weight excluding hydrogens is 242 g/mol.